The van der Waals surface area contributed by atoms with Gasteiger partial charge in [-0.25, -0.2) is 9.97 Å². The quantitative estimate of drug-likeness (QED) is 0.750. The molecule has 0 radical (unpaired) electrons. The summed E-state index contributed by atoms with van der Waals surface area (Å²) in [5, 5.41) is 11.0. The lowest BCUT2D eigenvalue weighted by atomic mass is 10.2. The van der Waals surface area contributed by atoms with Gasteiger partial charge in [-0.2, -0.15) is 15.4 Å². The first-order chi connectivity index (χ1) is 11.3. The van der Waals surface area contributed by atoms with Crippen molar-refractivity contribution in [1.82, 2.24) is 30.3 Å². The molecular formula is C15H15N7O. The molecule has 3 aromatic rings. The highest BCUT2D eigenvalue weighted by atomic mass is 16.2. The SMILES string of the molecule is O=C(c1cn[nH]n1)N1CCN(c2ccc3ncncc3c2)CC1. The molecule has 3 heterocycles. The number of H-pyrrole nitrogens is 1. The molecule has 1 fully saturated rings. The van der Waals surface area contributed by atoms with E-state index in [1.807, 2.05) is 12.3 Å². The summed E-state index contributed by atoms with van der Waals surface area (Å²) in [6, 6.07) is 6.15. The molecule has 8 heteroatoms. The van der Waals surface area contributed by atoms with Crippen molar-refractivity contribution in [1.29, 1.82) is 0 Å². The largest absolute Gasteiger partial charge is 0.368 e. The molecule has 1 aromatic carbocycles. The van der Waals surface area contributed by atoms with E-state index >= 15 is 0 Å². The minimum absolute atomic E-state index is 0.0784. The Labute approximate surface area is 132 Å². The maximum absolute atomic E-state index is 12.2. The topological polar surface area (TPSA) is 90.9 Å². The van der Waals surface area contributed by atoms with E-state index in [0.29, 0.717) is 18.8 Å². The number of benzene rings is 1. The number of rotatable bonds is 2. The fourth-order valence-corrected chi connectivity index (χ4v) is 2.80. The zero-order valence-electron chi connectivity index (χ0n) is 12.4. The van der Waals surface area contributed by atoms with Crippen molar-refractivity contribution in [2.75, 3.05) is 31.1 Å². The standard InChI is InChI=1S/C15H15N7O/c23-15(14-9-18-20-19-14)22-5-3-21(4-6-22)12-1-2-13-11(7-12)8-16-10-17-13/h1-2,7-10H,3-6H2,(H,18,19,20). The van der Waals surface area contributed by atoms with E-state index in [-0.39, 0.29) is 5.91 Å². The Kier molecular flexibility index (Phi) is 3.34. The van der Waals surface area contributed by atoms with Crippen LogP contribution in [0.3, 0.4) is 0 Å². The Hall–Kier alpha value is -3.03. The highest BCUT2D eigenvalue weighted by Crippen LogP contribution is 2.21. The second-order valence-corrected chi connectivity index (χ2v) is 5.40. The van der Waals surface area contributed by atoms with Crippen LogP contribution in [0.4, 0.5) is 5.69 Å². The molecule has 2 aromatic heterocycles. The Morgan fingerprint density at radius 1 is 1.13 bits per heavy atom. The Bertz CT molecular complexity index is 825. The molecule has 0 unspecified atom stereocenters. The average molecular weight is 309 g/mol. The van der Waals surface area contributed by atoms with Crippen molar-refractivity contribution in [2.45, 2.75) is 0 Å². The first-order valence-corrected chi connectivity index (χ1v) is 7.41. The Morgan fingerprint density at radius 2 is 2.00 bits per heavy atom. The van der Waals surface area contributed by atoms with Gasteiger partial charge in [-0.1, -0.05) is 0 Å². The predicted octanol–water partition coefficient (Wildman–Crippen LogP) is 0.710. The van der Waals surface area contributed by atoms with Crippen LogP contribution in [0.15, 0.2) is 36.9 Å². The van der Waals surface area contributed by atoms with Crippen LogP contribution in [-0.2, 0) is 0 Å². The van der Waals surface area contributed by atoms with Gasteiger partial charge < -0.3 is 9.80 Å². The summed E-state index contributed by atoms with van der Waals surface area (Å²) < 4.78 is 0. The number of piperazine rings is 1. The van der Waals surface area contributed by atoms with Crippen LogP contribution < -0.4 is 4.90 Å². The number of amides is 1. The third kappa shape index (κ3) is 2.59. The van der Waals surface area contributed by atoms with Crippen LogP contribution in [0.5, 0.6) is 0 Å². The van der Waals surface area contributed by atoms with Gasteiger partial charge in [0.05, 0.1) is 11.7 Å². The molecule has 1 saturated heterocycles. The van der Waals surface area contributed by atoms with E-state index in [1.165, 1.54) is 6.20 Å². The van der Waals surface area contributed by atoms with E-state index in [0.717, 1.165) is 29.7 Å². The van der Waals surface area contributed by atoms with Crippen molar-refractivity contribution in [3.05, 3.63) is 42.6 Å². The molecular weight excluding hydrogens is 294 g/mol. The first kappa shape index (κ1) is 13.6. The minimum Gasteiger partial charge on any atom is -0.368 e. The third-order valence-electron chi connectivity index (χ3n) is 4.05. The zero-order chi connectivity index (χ0) is 15.6. The molecule has 1 aliphatic heterocycles. The summed E-state index contributed by atoms with van der Waals surface area (Å²) in [6.07, 6.45) is 4.82. The van der Waals surface area contributed by atoms with Crippen molar-refractivity contribution >= 4 is 22.5 Å². The van der Waals surface area contributed by atoms with Crippen LogP contribution in [0.2, 0.25) is 0 Å². The number of fused-ring (bicyclic) bond motifs is 1. The van der Waals surface area contributed by atoms with Gasteiger partial charge >= 0.3 is 0 Å². The number of anilines is 1. The summed E-state index contributed by atoms with van der Waals surface area (Å²) in [4.78, 5) is 24.6. The number of carbonyl (C=O) groups excluding carboxylic acids is 1. The van der Waals surface area contributed by atoms with E-state index in [4.69, 9.17) is 0 Å². The molecule has 0 aliphatic carbocycles. The molecule has 116 valence electrons. The van der Waals surface area contributed by atoms with Crippen LogP contribution in [0.1, 0.15) is 10.5 Å². The van der Waals surface area contributed by atoms with Gasteiger partial charge in [0.2, 0.25) is 0 Å². The Morgan fingerprint density at radius 3 is 2.78 bits per heavy atom. The second kappa shape index (κ2) is 5.64. The highest BCUT2D eigenvalue weighted by Gasteiger charge is 2.23. The maximum atomic E-state index is 12.2. The molecule has 1 amide bonds. The number of aromatic nitrogens is 5. The van der Waals surface area contributed by atoms with Crippen molar-refractivity contribution < 1.29 is 4.79 Å². The number of carbonyl (C=O) groups is 1. The van der Waals surface area contributed by atoms with Crippen LogP contribution in [0, 0.1) is 0 Å². The van der Waals surface area contributed by atoms with E-state index in [9.17, 15) is 4.79 Å². The summed E-state index contributed by atoms with van der Waals surface area (Å²) in [5.74, 6) is -0.0784. The molecule has 0 bridgehead atoms. The summed E-state index contributed by atoms with van der Waals surface area (Å²) >= 11 is 0. The molecule has 1 aliphatic rings. The number of hydrogen-bond donors (Lipinski definition) is 1. The fraction of sp³-hybridized carbons (Fsp3) is 0.267. The lowest BCUT2D eigenvalue weighted by Crippen LogP contribution is -2.48. The molecule has 0 atom stereocenters. The van der Waals surface area contributed by atoms with E-state index in [2.05, 4.69) is 42.4 Å². The number of hydrogen-bond acceptors (Lipinski definition) is 6. The molecule has 23 heavy (non-hydrogen) atoms. The van der Waals surface area contributed by atoms with Gasteiger partial charge in [0, 0.05) is 43.4 Å². The third-order valence-corrected chi connectivity index (χ3v) is 4.05. The van der Waals surface area contributed by atoms with Crippen molar-refractivity contribution in [3.8, 4) is 0 Å². The van der Waals surface area contributed by atoms with Crippen molar-refractivity contribution in [3.63, 3.8) is 0 Å². The zero-order valence-corrected chi connectivity index (χ0v) is 12.4. The van der Waals surface area contributed by atoms with Crippen LogP contribution in [-0.4, -0.2) is 62.4 Å². The lowest BCUT2D eigenvalue weighted by molar-refractivity contribution is 0.0741. The Balaban J connectivity index is 1.47. The monoisotopic (exact) mass is 309 g/mol. The molecule has 4 rings (SSSR count). The minimum atomic E-state index is -0.0784. The van der Waals surface area contributed by atoms with E-state index in [1.54, 1.807) is 11.2 Å². The van der Waals surface area contributed by atoms with Crippen molar-refractivity contribution in [2.24, 2.45) is 0 Å². The predicted molar refractivity (Wildman–Crippen MR) is 84.0 cm³/mol. The summed E-state index contributed by atoms with van der Waals surface area (Å²) in [5.41, 5.74) is 2.42. The highest BCUT2D eigenvalue weighted by molar-refractivity contribution is 5.92. The molecule has 0 spiro atoms. The maximum Gasteiger partial charge on any atom is 0.276 e. The van der Waals surface area contributed by atoms with Gasteiger partial charge in [0.15, 0.2) is 5.69 Å². The van der Waals surface area contributed by atoms with Gasteiger partial charge in [0.1, 0.15) is 6.33 Å². The smallest absolute Gasteiger partial charge is 0.276 e. The summed E-state index contributed by atoms with van der Waals surface area (Å²) in [6.45, 7) is 2.88. The average Bonchev–Trinajstić information content (AvgIpc) is 3.15. The number of nitrogens with zero attached hydrogens (tertiary/aromatic N) is 6. The van der Waals surface area contributed by atoms with Gasteiger partial charge in [-0.05, 0) is 18.2 Å². The first-order valence-electron chi connectivity index (χ1n) is 7.41. The summed E-state index contributed by atoms with van der Waals surface area (Å²) in [7, 11) is 0. The molecule has 1 N–H and O–H groups in total. The van der Waals surface area contributed by atoms with Crippen LogP contribution >= 0.6 is 0 Å². The number of nitrogens with one attached hydrogen (secondary N) is 1. The van der Waals surface area contributed by atoms with Crippen LogP contribution in [0.25, 0.3) is 10.9 Å². The molecule has 0 saturated carbocycles. The van der Waals surface area contributed by atoms with Gasteiger partial charge in [-0.15, -0.1) is 0 Å². The van der Waals surface area contributed by atoms with E-state index < -0.39 is 0 Å². The second-order valence-electron chi connectivity index (χ2n) is 5.40. The van der Waals surface area contributed by atoms with Gasteiger partial charge in [0.25, 0.3) is 5.91 Å². The normalized spacial score (nSPS) is 15.1. The lowest BCUT2D eigenvalue weighted by Gasteiger charge is -2.35. The number of aromatic amines is 1. The van der Waals surface area contributed by atoms with Gasteiger partial charge in [-0.3, -0.25) is 4.79 Å². The fourth-order valence-electron chi connectivity index (χ4n) is 2.80. The molecule has 8 nitrogen and oxygen atoms in total.